The van der Waals surface area contributed by atoms with Gasteiger partial charge in [0.15, 0.2) is 16.3 Å². The van der Waals surface area contributed by atoms with Gasteiger partial charge in [0.25, 0.3) is 5.56 Å². The molecule has 0 N–H and O–H groups in total. The lowest BCUT2D eigenvalue weighted by atomic mass is 9.95. The SMILES string of the molecule is COc1ccc(/C=c2\sc3n(c2=O)C(c2ccc(OC(C)=O)c(OC)c2)C(C(=O)OCC(C)C)=C(C)N=3)c(OC)c1. The largest absolute Gasteiger partial charge is 0.497 e. The Kier molecular flexibility index (Phi) is 8.97. The summed E-state index contributed by atoms with van der Waals surface area (Å²) in [5, 5.41) is 0. The van der Waals surface area contributed by atoms with Gasteiger partial charge in [0.1, 0.15) is 11.5 Å². The molecule has 1 aromatic heterocycles. The second kappa shape index (κ2) is 12.4. The summed E-state index contributed by atoms with van der Waals surface area (Å²) in [5.41, 5.74) is 1.55. The number of hydrogen-bond donors (Lipinski definition) is 0. The number of methoxy groups -OCH3 is 3. The maximum absolute atomic E-state index is 14.0. The first-order valence-corrected chi connectivity index (χ1v) is 13.7. The zero-order chi connectivity index (χ0) is 29.8. The number of aromatic nitrogens is 1. The highest BCUT2D eigenvalue weighted by molar-refractivity contribution is 7.07. The zero-order valence-corrected chi connectivity index (χ0v) is 24.8. The molecule has 0 bridgehead atoms. The summed E-state index contributed by atoms with van der Waals surface area (Å²) >= 11 is 1.20. The fraction of sp³-hybridized carbons (Fsp3) is 0.333. The van der Waals surface area contributed by atoms with Gasteiger partial charge < -0.3 is 23.7 Å². The van der Waals surface area contributed by atoms with Crippen LogP contribution in [0.2, 0.25) is 0 Å². The minimum Gasteiger partial charge on any atom is -0.497 e. The molecular formula is C30H32N2O8S. The molecule has 216 valence electrons. The van der Waals surface area contributed by atoms with Crippen LogP contribution in [0.5, 0.6) is 23.0 Å². The summed E-state index contributed by atoms with van der Waals surface area (Å²) in [6.45, 7) is 7.09. The van der Waals surface area contributed by atoms with Crippen molar-refractivity contribution in [2.24, 2.45) is 10.9 Å². The molecule has 4 rings (SSSR count). The van der Waals surface area contributed by atoms with Crippen molar-refractivity contribution in [1.29, 1.82) is 0 Å². The Morgan fingerprint density at radius 3 is 2.39 bits per heavy atom. The highest BCUT2D eigenvalue weighted by Gasteiger charge is 2.34. The van der Waals surface area contributed by atoms with Crippen molar-refractivity contribution < 1.29 is 33.3 Å². The number of benzene rings is 2. The van der Waals surface area contributed by atoms with Crippen LogP contribution in [0.15, 0.2) is 57.5 Å². The molecule has 3 aromatic rings. The summed E-state index contributed by atoms with van der Waals surface area (Å²) in [7, 11) is 4.55. The Balaban J connectivity index is 1.94. The van der Waals surface area contributed by atoms with Gasteiger partial charge >= 0.3 is 11.9 Å². The molecule has 2 aromatic carbocycles. The summed E-state index contributed by atoms with van der Waals surface area (Å²) in [5.74, 6) is 0.672. The van der Waals surface area contributed by atoms with Crippen molar-refractivity contribution in [2.45, 2.75) is 33.7 Å². The number of thiazole rings is 1. The van der Waals surface area contributed by atoms with E-state index in [0.29, 0.717) is 37.7 Å². The van der Waals surface area contributed by atoms with E-state index in [4.69, 9.17) is 23.7 Å². The number of rotatable bonds is 9. The fourth-order valence-electron chi connectivity index (χ4n) is 4.39. The van der Waals surface area contributed by atoms with Crippen LogP contribution in [0.25, 0.3) is 6.08 Å². The van der Waals surface area contributed by atoms with Crippen LogP contribution in [0, 0.1) is 5.92 Å². The van der Waals surface area contributed by atoms with E-state index in [2.05, 4.69) is 4.99 Å². The number of nitrogens with zero attached hydrogens (tertiary/aromatic N) is 2. The Morgan fingerprint density at radius 1 is 1.02 bits per heavy atom. The molecule has 0 amide bonds. The van der Waals surface area contributed by atoms with E-state index in [0.717, 1.165) is 0 Å². The molecule has 0 saturated carbocycles. The van der Waals surface area contributed by atoms with Crippen molar-refractivity contribution in [2.75, 3.05) is 27.9 Å². The first-order valence-electron chi connectivity index (χ1n) is 12.9. The van der Waals surface area contributed by atoms with Crippen molar-refractivity contribution in [1.82, 2.24) is 4.57 Å². The Labute approximate surface area is 241 Å². The number of fused-ring (bicyclic) bond motifs is 1. The van der Waals surface area contributed by atoms with Gasteiger partial charge in [-0.15, -0.1) is 0 Å². The normalized spacial score (nSPS) is 14.8. The predicted octanol–water partition coefficient (Wildman–Crippen LogP) is 3.39. The minimum absolute atomic E-state index is 0.113. The number of esters is 2. The summed E-state index contributed by atoms with van der Waals surface area (Å²) < 4.78 is 29.0. The second-order valence-corrected chi connectivity index (χ2v) is 10.7. The predicted molar refractivity (Wildman–Crippen MR) is 153 cm³/mol. The van der Waals surface area contributed by atoms with Crippen LogP contribution in [0.4, 0.5) is 0 Å². The van der Waals surface area contributed by atoms with E-state index in [9.17, 15) is 14.4 Å². The molecule has 1 atom stereocenters. The number of hydrogen-bond acceptors (Lipinski definition) is 10. The Hall–Kier alpha value is -4.38. The van der Waals surface area contributed by atoms with Gasteiger partial charge in [-0.1, -0.05) is 31.3 Å². The molecule has 0 radical (unpaired) electrons. The third-order valence-corrected chi connectivity index (χ3v) is 7.26. The van der Waals surface area contributed by atoms with E-state index >= 15 is 0 Å². The Bertz CT molecular complexity index is 1700. The first-order chi connectivity index (χ1) is 19.6. The van der Waals surface area contributed by atoms with Gasteiger partial charge in [0.2, 0.25) is 0 Å². The van der Waals surface area contributed by atoms with Crippen LogP contribution in [0.1, 0.15) is 44.9 Å². The molecule has 41 heavy (non-hydrogen) atoms. The standard InChI is InChI=1S/C30H32N2O8S/c1-16(2)15-39-29(35)26-17(3)31-30-32(27(26)20-9-11-22(40-18(4)33)24(12-20)38-7)28(34)25(41-30)13-19-8-10-21(36-5)14-23(19)37-6/h8-14,16,27H,15H2,1-7H3/b25-13-. The maximum Gasteiger partial charge on any atom is 0.338 e. The number of carbonyl (C=O) groups excluding carboxylic acids is 2. The topological polar surface area (TPSA) is 115 Å². The van der Waals surface area contributed by atoms with Crippen molar-refractivity contribution in [3.63, 3.8) is 0 Å². The van der Waals surface area contributed by atoms with Gasteiger partial charge in [-0.05, 0) is 48.7 Å². The third kappa shape index (κ3) is 6.19. The van der Waals surface area contributed by atoms with Gasteiger partial charge in [-0.25, -0.2) is 9.79 Å². The van der Waals surface area contributed by atoms with E-state index in [1.54, 1.807) is 63.6 Å². The van der Waals surface area contributed by atoms with E-state index in [1.807, 2.05) is 13.8 Å². The van der Waals surface area contributed by atoms with Crippen LogP contribution >= 0.6 is 11.3 Å². The molecule has 0 aliphatic carbocycles. The number of ether oxygens (including phenoxy) is 5. The van der Waals surface area contributed by atoms with Gasteiger partial charge in [-0.2, -0.15) is 0 Å². The highest BCUT2D eigenvalue weighted by Crippen LogP contribution is 2.36. The summed E-state index contributed by atoms with van der Waals surface area (Å²) in [6, 6.07) is 9.33. The maximum atomic E-state index is 14.0. The number of allylic oxidation sites excluding steroid dienone is 1. The second-order valence-electron chi connectivity index (χ2n) is 9.69. The molecule has 0 spiro atoms. The minimum atomic E-state index is -0.869. The van der Waals surface area contributed by atoms with Crippen LogP contribution in [-0.2, 0) is 14.3 Å². The first kappa shape index (κ1) is 29.6. The molecule has 1 aliphatic heterocycles. The lowest BCUT2D eigenvalue weighted by molar-refractivity contribution is -0.140. The van der Waals surface area contributed by atoms with Crippen LogP contribution in [0.3, 0.4) is 0 Å². The number of carbonyl (C=O) groups is 2. The fourth-order valence-corrected chi connectivity index (χ4v) is 5.43. The summed E-state index contributed by atoms with van der Waals surface area (Å²) in [6.07, 6.45) is 1.72. The van der Waals surface area contributed by atoms with E-state index in [-0.39, 0.29) is 35.2 Å². The molecule has 0 fully saturated rings. The highest BCUT2D eigenvalue weighted by atomic mass is 32.1. The van der Waals surface area contributed by atoms with Crippen LogP contribution < -0.4 is 33.8 Å². The lowest BCUT2D eigenvalue weighted by Crippen LogP contribution is -2.40. The molecule has 1 aliphatic rings. The zero-order valence-electron chi connectivity index (χ0n) is 24.0. The summed E-state index contributed by atoms with van der Waals surface area (Å²) in [4.78, 5) is 44.1. The average molecular weight is 581 g/mol. The van der Waals surface area contributed by atoms with Gasteiger partial charge in [0.05, 0.1) is 49.8 Å². The third-order valence-electron chi connectivity index (χ3n) is 6.27. The quantitative estimate of drug-likeness (QED) is 0.280. The smallest absolute Gasteiger partial charge is 0.338 e. The molecule has 1 unspecified atom stereocenters. The van der Waals surface area contributed by atoms with Crippen molar-refractivity contribution in [3.8, 4) is 23.0 Å². The molecular weight excluding hydrogens is 548 g/mol. The Morgan fingerprint density at radius 2 is 1.76 bits per heavy atom. The van der Waals surface area contributed by atoms with E-state index in [1.165, 1.54) is 29.9 Å². The monoisotopic (exact) mass is 580 g/mol. The van der Waals surface area contributed by atoms with E-state index < -0.39 is 18.0 Å². The molecule has 2 heterocycles. The molecule has 0 saturated heterocycles. The van der Waals surface area contributed by atoms with Crippen molar-refractivity contribution >= 4 is 29.4 Å². The lowest BCUT2D eigenvalue weighted by Gasteiger charge is -2.25. The average Bonchev–Trinajstić information content (AvgIpc) is 3.24. The van der Waals surface area contributed by atoms with Gasteiger partial charge in [-0.3, -0.25) is 14.2 Å². The molecule has 11 heteroatoms. The van der Waals surface area contributed by atoms with Crippen LogP contribution in [-0.4, -0.2) is 44.4 Å². The molecule has 10 nitrogen and oxygen atoms in total. The van der Waals surface area contributed by atoms with Gasteiger partial charge in [0, 0.05) is 18.6 Å². The van der Waals surface area contributed by atoms with Crippen molar-refractivity contribution in [3.05, 3.63) is 78.5 Å².